The van der Waals surface area contributed by atoms with Crippen LogP contribution >= 0.6 is 11.8 Å². The summed E-state index contributed by atoms with van der Waals surface area (Å²) in [6.07, 6.45) is 1.95. The van der Waals surface area contributed by atoms with Crippen LogP contribution in [0.3, 0.4) is 0 Å². The van der Waals surface area contributed by atoms with E-state index in [0.717, 1.165) is 22.3 Å². The number of rotatable bonds is 3. The molecule has 1 aliphatic heterocycles. The van der Waals surface area contributed by atoms with E-state index in [2.05, 4.69) is 24.3 Å². The summed E-state index contributed by atoms with van der Waals surface area (Å²) < 4.78 is 0. The number of benzene rings is 4. The van der Waals surface area contributed by atoms with Crippen LogP contribution in [0.4, 0.5) is 11.4 Å². The fourth-order valence-corrected chi connectivity index (χ4v) is 4.42. The van der Waals surface area contributed by atoms with Gasteiger partial charge in [-0.1, -0.05) is 72.8 Å². The smallest absolute Gasteiger partial charge is 0.268 e. The zero-order valence-corrected chi connectivity index (χ0v) is 16.9. The summed E-state index contributed by atoms with van der Waals surface area (Å²) in [5.74, 6) is -0.0611. The molecule has 3 nitrogen and oxygen atoms in total. The van der Waals surface area contributed by atoms with Crippen LogP contribution in [0, 0.1) is 0 Å². The Bertz CT molecular complexity index is 1280. The van der Waals surface area contributed by atoms with E-state index in [4.69, 9.17) is 4.99 Å². The maximum atomic E-state index is 13.3. The number of carbonyl (C=O) groups is 1. The molecular formula is C26H18N2OS. The molecule has 1 aliphatic rings. The van der Waals surface area contributed by atoms with Gasteiger partial charge < -0.3 is 0 Å². The Kier molecular flexibility index (Phi) is 4.91. The predicted molar refractivity (Wildman–Crippen MR) is 127 cm³/mol. The highest BCUT2D eigenvalue weighted by Crippen LogP contribution is 2.37. The quantitative estimate of drug-likeness (QED) is 0.357. The molecule has 4 heteroatoms. The average molecular weight is 407 g/mol. The van der Waals surface area contributed by atoms with Gasteiger partial charge in [0.15, 0.2) is 5.17 Å². The fourth-order valence-electron chi connectivity index (χ4n) is 3.42. The van der Waals surface area contributed by atoms with Crippen LogP contribution in [0.2, 0.25) is 0 Å². The van der Waals surface area contributed by atoms with Crippen molar-refractivity contribution in [1.29, 1.82) is 0 Å². The zero-order chi connectivity index (χ0) is 20.3. The van der Waals surface area contributed by atoms with Gasteiger partial charge in [0.25, 0.3) is 5.91 Å². The van der Waals surface area contributed by atoms with Gasteiger partial charge in [-0.15, -0.1) is 0 Å². The number of hydrogen-bond acceptors (Lipinski definition) is 3. The van der Waals surface area contributed by atoms with Crippen LogP contribution in [0.5, 0.6) is 0 Å². The third kappa shape index (κ3) is 3.65. The highest BCUT2D eigenvalue weighted by molar-refractivity contribution is 8.19. The molecule has 0 N–H and O–H groups in total. The summed E-state index contributed by atoms with van der Waals surface area (Å²) >= 11 is 1.40. The number of carbonyl (C=O) groups excluding carboxylic acids is 1. The molecule has 1 heterocycles. The van der Waals surface area contributed by atoms with Crippen LogP contribution in [0.15, 0.2) is 113 Å². The van der Waals surface area contributed by atoms with Gasteiger partial charge in [0, 0.05) is 0 Å². The SMILES string of the molecule is O=C1/C(=C/c2ccc3ccccc3c2)SC(=Nc2ccccc2)N1c1ccccc1. The molecule has 1 amide bonds. The van der Waals surface area contributed by atoms with Crippen molar-refractivity contribution in [1.82, 2.24) is 0 Å². The lowest BCUT2D eigenvalue weighted by atomic mass is 10.1. The molecule has 0 spiro atoms. The first kappa shape index (κ1) is 18.4. The molecule has 4 aromatic rings. The molecule has 1 fully saturated rings. The predicted octanol–water partition coefficient (Wildman–Crippen LogP) is 6.65. The maximum Gasteiger partial charge on any atom is 0.271 e. The lowest BCUT2D eigenvalue weighted by Crippen LogP contribution is -2.28. The molecule has 144 valence electrons. The van der Waals surface area contributed by atoms with Crippen molar-refractivity contribution >= 4 is 51.1 Å². The van der Waals surface area contributed by atoms with Crippen LogP contribution in [-0.2, 0) is 4.79 Å². The second kappa shape index (κ2) is 8.01. The molecular weight excluding hydrogens is 388 g/mol. The third-order valence-electron chi connectivity index (χ3n) is 4.87. The minimum absolute atomic E-state index is 0.0611. The molecule has 0 saturated carbocycles. The van der Waals surface area contributed by atoms with Crippen molar-refractivity contribution in [2.45, 2.75) is 0 Å². The number of thioether (sulfide) groups is 1. The summed E-state index contributed by atoms with van der Waals surface area (Å²) in [4.78, 5) is 20.4. The van der Waals surface area contributed by atoms with E-state index in [-0.39, 0.29) is 5.91 Å². The van der Waals surface area contributed by atoms with E-state index in [9.17, 15) is 4.79 Å². The standard InChI is InChI=1S/C26H18N2OS/c29-25-24(18-19-15-16-20-9-7-8-10-21(20)17-19)30-26(27-22-11-3-1-4-12-22)28(25)23-13-5-2-6-14-23/h1-18H/b24-18-,27-26?. The van der Waals surface area contributed by atoms with E-state index >= 15 is 0 Å². The molecule has 4 aromatic carbocycles. The van der Waals surface area contributed by atoms with Gasteiger partial charge in [-0.25, -0.2) is 4.99 Å². The lowest BCUT2D eigenvalue weighted by molar-refractivity contribution is -0.113. The van der Waals surface area contributed by atoms with E-state index in [1.54, 1.807) is 4.90 Å². The van der Waals surface area contributed by atoms with E-state index < -0.39 is 0 Å². The van der Waals surface area contributed by atoms with E-state index in [1.807, 2.05) is 84.9 Å². The maximum absolute atomic E-state index is 13.3. The topological polar surface area (TPSA) is 32.7 Å². The average Bonchev–Trinajstić information content (AvgIpc) is 3.09. The Labute approximate surface area is 179 Å². The second-order valence-corrected chi connectivity index (χ2v) is 7.93. The number of anilines is 1. The Morgan fingerprint density at radius 2 is 1.40 bits per heavy atom. The number of hydrogen-bond donors (Lipinski definition) is 0. The Morgan fingerprint density at radius 1 is 0.733 bits per heavy atom. The van der Waals surface area contributed by atoms with Gasteiger partial charge >= 0.3 is 0 Å². The summed E-state index contributed by atoms with van der Waals surface area (Å²) in [7, 11) is 0. The molecule has 0 bridgehead atoms. The van der Waals surface area contributed by atoms with Gasteiger partial charge in [0.2, 0.25) is 0 Å². The second-order valence-electron chi connectivity index (χ2n) is 6.92. The van der Waals surface area contributed by atoms with Crippen LogP contribution in [0.1, 0.15) is 5.56 Å². The van der Waals surface area contributed by atoms with E-state index in [1.165, 1.54) is 17.1 Å². The van der Waals surface area contributed by atoms with Gasteiger partial charge in [-0.2, -0.15) is 0 Å². The Hall–Kier alpha value is -3.63. The Morgan fingerprint density at radius 3 is 2.17 bits per heavy atom. The van der Waals surface area contributed by atoms with Crippen LogP contribution in [-0.4, -0.2) is 11.1 Å². The molecule has 0 unspecified atom stereocenters. The van der Waals surface area contributed by atoms with Gasteiger partial charge in [0.05, 0.1) is 16.3 Å². The molecule has 0 aliphatic carbocycles. The van der Waals surface area contributed by atoms with Crippen molar-refractivity contribution in [2.75, 3.05) is 4.90 Å². The van der Waals surface area contributed by atoms with Crippen molar-refractivity contribution < 1.29 is 4.79 Å². The molecule has 0 aromatic heterocycles. The van der Waals surface area contributed by atoms with E-state index in [0.29, 0.717) is 10.1 Å². The highest BCUT2D eigenvalue weighted by Gasteiger charge is 2.34. The van der Waals surface area contributed by atoms with Gasteiger partial charge in [-0.05, 0) is 64.5 Å². The summed E-state index contributed by atoms with van der Waals surface area (Å²) in [5, 5.41) is 2.99. The third-order valence-corrected chi connectivity index (χ3v) is 5.84. The largest absolute Gasteiger partial charge is 0.271 e. The minimum Gasteiger partial charge on any atom is -0.268 e. The van der Waals surface area contributed by atoms with Gasteiger partial charge in [0.1, 0.15) is 0 Å². The lowest BCUT2D eigenvalue weighted by Gasteiger charge is -2.15. The van der Waals surface area contributed by atoms with Crippen molar-refractivity contribution in [3.8, 4) is 0 Å². The zero-order valence-electron chi connectivity index (χ0n) is 16.1. The van der Waals surface area contributed by atoms with Crippen molar-refractivity contribution in [2.24, 2.45) is 4.99 Å². The molecule has 30 heavy (non-hydrogen) atoms. The summed E-state index contributed by atoms with van der Waals surface area (Å²) in [6.45, 7) is 0. The number of fused-ring (bicyclic) bond motifs is 1. The van der Waals surface area contributed by atoms with Crippen LogP contribution in [0.25, 0.3) is 16.8 Å². The number of amidine groups is 1. The monoisotopic (exact) mass is 406 g/mol. The first-order valence-corrected chi connectivity index (χ1v) is 10.5. The fraction of sp³-hybridized carbons (Fsp3) is 0. The molecule has 5 rings (SSSR count). The van der Waals surface area contributed by atoms with Crippen molar-refractivity contribution in [3.05, 3.63) is 114 Å². The number of nitrogens with zero attached hydrogens (tertiary/aromatic N) is 2. The summed E-state index contributed by atoms with van der Waals surface area (Å²) in [6, 6.07) is 33.8. The minimum atomic E-state index is -0.0611. The normalized spacial score (nSPS) is 16.7. The first-order valence-electron chi connectivity index (χ1n) is 9.69. The molecule has 0 radical (unpaired) electrons. The highest BCUT2D eigenvalue weighted by atomic mass is 32.2. The first-order chi connectivity index (χ1) is 14.8. The van der Waals surface area contributed by atoms with Crippen LogP contribution < -0.4 is 4.90 Å². The Balaban J connectivity index is 1.57. The molecule has 0 atom stereocenters. The number of para-hydroxylation sites is 2. The summed E-state index contributed by atoms with van der Waals surface area (Å²) in [5.41, 5.74) is 2.63. The molecule has 1 saturated heterocycles. The number of amides is 1. The number of aliphatic imine (C=N–C) groups is 1. The van der Waals surface area contributed by atoms with Gasteiger partial charge in [-0.3, -0.25) is 9.69 Å². The van der Waals surface area contributed by atoms with Crippen molar-refractivity contribution in [3.63, 3.8) is 0 Å².